The van der Waals surface area contributed by atoms with Crippen LogP contribution in [-0.2, 0) is 0 Å². The van der Waals surface area contributed by atoms with Crippen LogP contribution in [0.2, 0.25) is 0 Å². The minimum atomic E-state index is -0.997. The van der Waals surface area contributed by atoms with Crippen molar-refractivity contribution in [1.29, 1.82) is 0 Å². The highest BCUT2D eigenvalue weighted by molar-refractivity contribution is 5.53. The summed E-state index contributed by atoms with van der Waals surface area (Å²) in [6, 6.07) is 20.0. The molecule has 1 heterocycles. The van der Waals surface area contributed by atoms with E-state index in [1.807, 2.05) is 55.5 Å². The van der Waals surface area contributed by atoms with E-state index in [1.165, 1.54) is 0 Å². The van der Waals surface area contributed by atoms with Gasteiger partial charge in [-0.15, -0.1) is 0 Å². The maximum atomic E-state index is 10.9. The van der Waals surface area contributed by atoms with Gasteiger partial charge in [0.05, 0.1) is 0 Å². The van der Waals surface area contributed by atoms with Crippen LogP contribution in [0, 0.1) is 0 Å². The quantitative estimate of drug-likeness (QED) is 0.500. The summed E-state index contributed by atoms with van der Waals surface area (Å²) in [5.74, 6) is -0.997. The highest BCUT2D eigenvalue weighted by Crippen LogP contribution is 2.40. The first kappa shape index (κ1) is 12.2. The third-order valence-electron chi connectivity index (χ3n) is 3.91. The van der Waals surface area contributed by atoms with Crippen LogP contribution in [-0.4, -0.2) is 24.0 Å². The first-order valence-electron chi connectivity index (χ1n) is 6.62. The van der Waals surface area contributed by atoms with E-state index in [9.17, 15) is 5.11 Å². The fourth-order valence-corrected chi connectivity index (χ4v) is 2.66. The number of nitrogens with one attached hydrogen (secondary N) is 1. The molecule has 0 radical (unpaired) electrons. The van der Waals surface area contributed by atoms with Crippen molar-refractivity contribution in [1.82, 2.24) is 4.48 Å². The summed E-state index contributed by atoms with van der Waals surface area (Å²) in [4.78, 5) is 0. The second-order valence-electron chi connectivity index (χ2n) is 5.26. The molecule has 1 saturated heterocycles. The molecule has 0 saturated carbocycles. The van der Waals surface area contributed by atoms with Crippen molar-refractivity contribution >= 4 is 11.4 Å². The van der Waals surface area contributed by atoms with Crippen LogP contribution < -0.4 is 9.80 Å². The predicted octanol–water partition coefficient (Wildman–Crippen LogP) is 2.79. The molecular weight excluding hydrogens is 236 g/mol. The second kappa shape index (κ2) is 4.37. The van der Waals surface area contributed by atoms with Gasteiger partial charge in [0.2, 0.25) is 0 Å². The Hall–Kier alpha value is -1.84. The molecule has 0 aliphatic carbocycles. The summed E-state index contributed by atoms with van der Waals surface area (Å²) in [5, 5.41) is 14.1. The van der Waals surface area contributed by atoms with Gasteiger partial charge in [0.25, 0.3) is 5.85 Å². The average Bonchev–Trinajstić information content (AvgIpc) is 3.22. The topological polar surface area (TPSA) is 32.3 Å². The van der Waals surface area contributed by atoms with Gasteiger partial charge in [0.1, 0.15) is 18.8 Å². The van der Waals surface area contributed by atoms with Crippen LogP contribution in [0.25, 0.3) is 0 Å². The zero-order chi connectivity index (χ0) is 13.3. The van der Waals surface area contributed by atoms with Gasteiger partial charge in [-0.3, -0.25) is 0 Å². The number of nitrogens with zero attached hydrogens (tertiary/aromatic N) is 1. The number of hydrogen-bond acceptors (Lipinski definition) is 2. The van der Waals surface area contributed by atoms with E-state index in [0.29, 0.717) is 4.48 Å². The van der Waals surface area contributed by atoms with Crippen molar-refractivity contribution in [3.63, 3.8) is 0 Å². The number of benzene rings is 2. The Morgan fingerprint density at radius 2 is 1.47 bits per heavy atom. The monoisotopic (exact) mass is 255 g/mol. The molecule has 2 aromatic rings. The van der Waals surface area contributed by atoms with Crippen molar-refractivity contribution in [3.8, 4) is 0 Å². The van der Waals surface area contributed by atoms with E-state index < -0.39 is 5.85 Å². The van der Waals surface area contributed by atoms with Crippen LogP contribution in [0.1, 0.15) is 6.92 Å². The summed E-state index contributed by atoms with van der Waals surface area (Å²) in [7, 11) is 0. The summed E-state index contributed by atoms with van der Waals surface area (Å²) < 4.78 is 0.572. The molecule has 0 aromatic heterocycles. The van der Waals surface area contributed by atoms with Gasteiger partial charge in [-0.25, -0.2) is 4.48 Å². The molecule has 0 spiro atoms. The number of rotatable bonds is 4. The lowest BCUT2D eigenvalue weighted by Crippen LogP contribution is -2.56. The Bertz CT molecular complexity index is 547. The molecule has 2 aromatic carbocycles. The highest BCUT2D eigenvalue weighted by Gasteiger charge is 2.58. The van der Waals surface area contributed by atoms with Gasteiger partial charge >= 0.3 is 0 Å². The van der Waals surface area contributed by atoms with Crippen molar-refractivity contribution in [3.05, 3.63) is 60.7 Å². The molecule has 19 heavy (non-hydrogen) atoms. The van der Waals surface area contributed by atoms with E-state index in [1.54, 1.807) is 0 Å². The van der Waals surface area contributed by atoms with Crippen molar-refractivity contribution in [2.45, 2.75) is 12.8 Å². The molecule has 0 bridgehead atoms. The molecular formula is C16H19N2O+. The molecule has 3 heteroatoms. The van der Waals surface area contributed by atoms with Gasteiger partial charge in [-0.2, -0.15) is 0 Å². The van der Waals surface area contributed by atoms with E-state index in [2.05, 4.69) is 17.4 Å². The third kappa shape index (κ3) is 2.11. The summed E-state index contributed by atoms with van der Waals surface area (Å²) >= 11 is 0. The normalized spacial score (nSPS) is 19.5. The molecule has 1 aliphatic heterocycles. The van der Waals surface area contributed by atoms with Gasteiger partial charge in [0.15, 0.2) is 0 Å². The Morgan fingerprint density at radius 3 is 2.00 bits per heavy atom. The number of anilines is 1. The fraction of sp³-hybridized carbons (Fsp3) is 0.250. The largest absolute Gasteiger partial charge is 0.325 e. The van der Waals surface area contributed by atoms with E-state index in [-0.39, 0.29) is 0 Å². The van der Waals surface area contributed by atoms with Gasteiger partial charge in [-0.05, 0) is 24.3 Å². The predicted molar refractivity (Wildman–Crippen MR) is 78.7 cm³/mol. The molecule has 3 rings (SSSR count). The number of hydrogen-bond donors (Lipinski definition) is 2. The van der Waals surface area contributed by atoms with Crippen LogP contribution >= 0.6 is 0 Å². The number of aliphatic hydroxyl groups is 1. The third-order valence-corrected chi connectivity index (χ3v) is 3.91. The zero-order valence-corrected chi connectivity index (χ0v) is 11.1. The Labute approximate surface area is 113 Å². The molecule has 3 nitrogen and oxygen atoms in total. The molecule has 0 amide bonds. The summed E-state index contributed by atoms with van der Waals surface area (Å²) in [6.07, 6.45) is 0. The standard InChI is InChI=1S/C16H19N2O/c1-16(19,17-14-8-4-2-5-9-14)18(12-13-18)15-10-6-3-7-11-15/h2-11,17,19H,12-13H2,1H3/q+1. The van der Waals surface area contributed by atoms with Crippen LogP contribution in [0.4, 0.5) is 11.4 Å². The maximum absolute atomic E-state index is 10.9. The van der Waals surface area contributed by atoms with Crippen LogP contribution in [0.5, 0.6) is 0 Å². The maximum Gasteiger partial charge on any atom is 0.284 e. The Kier molecular flexibility index (Phi) is 2.81. The van der Waals surface area contributed by atoms with Crippen LogP contribution in [0.15, 0.2) is 60.7 Å². The van der Waals surface area contributed by atoms with E-state index >= 15 is 0 Å². The van der Waals surface area contributed by atoms with Crippen molar-refractivity contribution in [2.75, 3.05) is 18.4 Å². The lowest BCUT2D eigenvalue weighted by Gasteiger charge is -2.34. The molecule has 1 unspecified atom stereocenters. The van der Waals surface area contributed by atoms with E-state index in [4.69, 9.17) is 0 Å². The molecule has 98 valence electrons. The van der Waals surface area contributed by atoms with Crippen LogP contribution in [0.3, 0.4) is 0 Å². The number of para-hydroxylation sites is 2. The van der Waals surface area contributed by atoms with Crippen molar-refractivity contribution < 1.29 is 5.11 Å². The van der Waals surface area contributed by atoms with Crippen molar-refractivity contribution in [2.24, 2.45) is 0 Å². The van der Waals surface area contributed by atoms with Gasteiger partial charge in [-0.1, -0.05) is 36.4 Å². The summed E-state index contributed by atoms with van der Waals surface area (Å²) in [5.41, 5.74) is 2.09. The minimum absolute atomic E-state index is 0.572. The Morgan fingerprint density at radius 1 is 0.947 bits per heavy atom. The zero-order valence-electron chi connectivity index (χ0n) is 11.1. The second-order valence-corrected chi connectivity index (χ2v) is 5.26. The molecule has 1 fully saturated rings. The minimum Gasteiger partial charge on any atom is -0.325 e. The first-order chi connectivity index (χ1) is 9.14. The fourth-order valence-electron chi connectivity index (χ4n) is 2.66. The van der Waals surface area contributed by atoms with Gasteiger partial charge < -0.3 is 10.4 Å². The SMILES string of the molecule is CC(O)(Nc1ccccc1)[N+]1(c2ccccc2)CC1. The van der Waals surface area contributed by atoms with E-state index in [0.717, 1.165) is 24.5 Å². The van der Waals surface area contributed by atoms with Gasteiger partial charge in [0, 0.05) is 12.6 Å². The average molecular weight is 255 g/mol. The smallest absolute Gasteiger partial charge is 0.284 e. The first-order valence-corrected chi connectivity index (χ1v) is 6.62. The molecule has 1 atom stereocenters. The highest BCUT2D eigenvalue weighted by atomic mass is 16.3. The lowest BCUT2D eigenvalue weighted by molar-refractivity contribution is 0.000291. The number of quaternary nitrogens is 1. The molecule has 2 N–H and O–H groups in total. The lowest BCUT2D eigenvalue weighted by atomic mass is 10.2. The Balaban J connectivity index is 1.88. The summed E-state index contributed by atoms with van der Waals surface area (Å²) in [6.45, 7) is 3.76. The molecule has 1 aliphatic rings.